The first-order chi connectivity index (χ1) is 14.0. The van der Waals surface area contributed by atoms with Crippen LogP contribution in [0.2, 0.25) is 0 Å². The number of amides is 1. The summed E-state index contributed by atoms with van der Waals surface area (Å²) >= 11 is 0. The van der Waals surface area contributed by atoms with E-state index < -0.39 is 0 Å². The molecule has 0 aromatic heterocycles. The fourth-order valence-electron chi connectivity index (χ4n) is 4.96. The number of carbonyl (C=O) groups is 1. The van der Waals surface area contributed by atoms with E-state index in [2.05, 4.69) is 19.1 Å². The molecule has 6 nitrogen and oxygen atoms in total. The second-order valence-electron chi connectivity index (χ2n) is 8.67. The van der Waals surface area contributed by atoms with E-state index in [0.29, 0.717) is 38.0 Å². The summed E-state index contributed by atoms with van der Waals surface area (Å²) in [6.07, 6.45) is 6.69. The van der Waals surface area contributed by atoms with Gasteiger partial charge in [0, 0.05) is 38.8 Å². The highest BCUT2D eigenvalue weighted by molar-refractivity contribution is 5.71. The van der Waals surface area contributed by atoms with Crippen LogP contribution in [0.1, 0.15) is 50.2 Å². The largest absolute Gasteiger partial charge is 0.415 e. The predicted octanol–water partition coefficient (Wildman–Crippen LogP) is 3.50. The lowest BCUT2D eigenvalue weighted by Gasteiger charge is -2.47. The third-order valence-corrected chi connectivity index (χ3v) is 6.79. The Morgan fingerprint density at radius 3 is 2.59 bits per heavy atom. The molecule has 1 unspecified atom stereocenters. The Bertz CT molecular complexity index is 687. The van der Waals surface area contributed by atoms with Crippen LogP contribution >= 0.6 is 0 Å². The third-order valence-electron chi connectivity index (χ3n) is 6.79. The molecule has 0 aliphatic heterocycles. The number of benzene rings is 1. The van der Waals surface area contributed by atoms with Crippen LogP contribution in [0.25, 0.3) is 0 Å². The Kier molecular flexibility index (Phi) is 7.55. The van der Waals surface area contributed by atoms with Gasteiger partial charge in [-0.2, -0.15) is 0 Å². The van der Waals surface area contributed by atoms with E-state index in [9.17, 15) is 4.79 Å². The molecule has 1 aromatic rings. The molecule has 0 spiro atoms. The highest BCUT2D eigenvalue weighted by Gasteiger charge is 2.43. The van der Waals surface area contributed by atoms with E-state index in [4.69, 9.17) is 19.9 Å². The predicted molar refractivity (Wildman–Crippen MR) is 113 cm³/mol. The fraction of sp³-hybridized carbons (Fsp3) is 0.696. The van der Waals surface area contributed by atoms with Gasteiger partial charge in [-0.1, -0.05) is 32.3 Å². The van der Waals surface area contributed by atoms with E-state index in [-0.39, 0.29) is 17.6 Å². The minimum Gasteiger partial charge on any atom is -0.410 e. The van der Waals surface area contributed by atoms with Crippen LogP contribution in [0.4, 0.5) is 4.79 Å². The number of nitrogens with two attached hydrogens (primary N) is 1. The fourth-order valence-corrected chi connectivity index (χ4v) is 4.96. The SMILES string of the molecule is COCCN(CCOC)C(=O)Oc1ccc2c(c1)[C@@]1(C)CCCCCC(C2)[C@@H]1N. The Labute approximate surface area is 174 Å². The monoisotopic (exact) mass is 404 g/mol. The van der Waals surface area contributed by atoms with E-state index in [1.807, 2.05) is 6.07 Å². The molecule has 3 rings (SSSR count). The second-order valence-corrected chi connectivity index (χ2v) is 8.67. The van der Waals surface area contributed by atoms with Crippen LogP contribution in [-0.4, -0.2) is 57.6 Å². The molecule has 0 radical (unpaired) electrons. The number of hydrogen-bond donors (Lipinski definition) is 1. The van der Waals surface area contributed by atoms with Crippen molar-refractivity contribution in [3.05, 3.63) is 29.3 Å². The average Bonchev–Trinajstić information content (AvgIpc) is 2.71. The Hall–Kier alpha value is -1.63. The highest BCUT2D eigenvalue weighted by atomic mass is 16.6. The van der Waals surface area contributed by atoms with Crippen molar-refractivity contribution in [3.63, 3.8) is 0 Å². The molecular weight excluding hydrogens is 368 g/mol. The van der Waals surface area contributed by atoms with Crippen molar-refractivity contribution >= 4 is 6.09 Å². The Balaban J connectivity index is 1.80. The lowest BCUT2D eigenvalue weighted by atomic mass is 9.60. The van der Waals surface area contributed by atoms with Crippen molar-refractivity contribution in [3.8, 4) is 5.75 Å². The number of methoxy groups -OCH3 is 2. The quantitative estimate of drug-likeness (QED) is 0.753. The molecule has 162 valence electrons. The summed E-state index contributed by atoms with van der Waals surface area (Å²) in [5.41, 5.74) is 9.32. The smallest absolute Gasteiger partial charge is 0.410 e. The highest BCUT2D eigenvalue weighted by Crippen LogP contribution is 2.46. The van der Waals surface area contributed by atoms with E-state index >= 15 is 0 Å². The van der Waals surface area contributed by atoms with Crippen molar-refractivity contribution in [2.75, 3.05) is 40.5 Å². The van der Waals surface area contributed by atoms with Crippen molar-refractivity contribution in [2.45, 2.75) is 56.9 Å². The summed E-state index contributed by atoms with van der Waals surface area (Å²) in [6.45, 7) is 4.14. The first-order valence-electron chi connectivity index (χ1n) is 10.8. The van der Waals surface area contributed by atoms with Gasteiger partial charge < -0.3 is 24.8 Å². The second kappa shape index (κ2) is 9.92. The van der Waals surface area contributed by atoms with Crippen LogP contribution in [0, 0.1) is 5.92 Å². The van der Waals surface area contributed by atoms with Gasteiger partial charge in [0.2, 0.25) is 0 Å². The summed E-state index contributed by atoms with van der Waals surface area (Å²) in [7, 11) is 3.24. The van der Waals surface area contributed by atoms with Gasteiger partial charge in [0.1, 0.15) is 5.75 Å². The van der Waals surface area contributed by atoms with Gasteiger partial charge in [0.05, 0.1) is 13.2 Å². The van der Waals surface area contributed by atoms with Crippen LogP contribution in [0.5, 0.6) is 5.75 Å². The van der Waals surface area contributed by atoms with Crippen LogP contribution in [0.15, 0.2) is 18.2 Å². The zero-order valence-electron chi connectivity index (χ0n) is 18.1. The molecular formula is C23H36N2O4. The Morgan fingerprint density at radius 1 is 1.17 bits per heavy atom. The van der Waals surface area contributed by atoms with Gasteiger partial charge in [-0.3, -0.25) is 0 Å². The third kappa shape index (κ3) is 4.93. The summed E-state index contributed by atoms with van der Waals surface area (Å²) < 4.78 is 16.0. The lowest BCUT2D eigenvalue weighted by Crippen LogP contribution is -2.52. The molecule has 29 heavy (non-hydrogen) atoms. The molecule has 3 atom stereocenters. The average molecular weight is 405 g/mol. The molecule has 0 saturated heterocycles. The van der Waals surface area contributed by atoms with Crippen molar-refractivity contribution in [1.82, 2.24) is 4.90 Å². The first kappa shape index (κ1) is 22.1. The van der Waals surface area contributed by atoms with Crippen LogP contribution < -0.4 is 10.5 Å². The summed E-state index contributed by atoms with van der Waals surface area (Å²) in [4.78, 5) is 14.3. The van der Waals surface area contributed by atoms with Gasteiger partial charge in [0.25, 0.3) is 0 Å². The minimum atomic E-state index is -0.375. The van der Waals surface area contributed by atoms with Crippen molar-refractivity contribution in [1.29, 1.82) is 0 Å². The number of rotatable bonds is 7. The first-order valence-corrected chi connectivity index (χ1v) is 10.8. The van der Waals surface area contributed by atoms with Crippen molar-refractivity contribution in [2.24, 2.45) is 11.7 Å². The molecule has 2 bridgehead atoms. The maximum Gasteiger partial charge on any atom is 0.415 e. The molecule has 0 heterocycles. The van der Waals surface area contributed by atoms with Gasteiger partial charge >= 0.3 is 6.09 Å². The van der Waals surface area contributed by atoms with Gasteiger partial charge in [-0.05, 0) is 48.4 Å². The topological polar surface area (TPSA) is 74.0 Å². The minimum absolute atomic E-state index is 0.0626. The summed E-state index contributed by atoms with van der Waals surface area (Å²) in [5, 5.41) is 0. The molecule has 1 fully saturated rings. The maximum atomic E-state index is 12.7. The summed E-state index contributed by atoms with van der Waals surface area (Å²) in [5.74, 6) is 1.13. The van der Waals surface area contributed by atoms with E-state index in [1.165, 1.54) is 36.8 Å². The molecule has 2 aliphatic carbocycles. The lowest BCUT2D eigenvalue weighted by molar-refractivity contribution is 0.102. The molecule has 2 aliphatic rings. The van der Waals surface area contributed by atoms with Crippen molar-refractivity contribution < 1.29 is 19.0 Å². The maximum absolute atomic E-state index is 12.7. The number of hydrogen-bond acceptors (Lipinski definition) is 5. The molecule has 1 amide bonds. The number of fused-ring (bicyclic) bond motifs is 4. The normalized spacial score (nSPS) is 26.2. The molecule has 1 saturated carbocycles. The zero-order valence-corrected chi connectivity index (χ0v) is 18.1. The standard InChI is InChI=1S/C23H36N2O4/c1-23-10-6-4-5-7-18(21(23)24)15-17-8-9-19(16-20(17)23)29-22(26)25(11-13-27-2)12-14-28-3/h8-9,16,18,21H,4-7,10-15,24H2,1-3H3/t18?,21-,23+/m0/s1. The van der Waals surface area contributed by atoms with Gasteiger partial charge in [0.15, 0.2) is 0 Å². The van der Waals surface area contributed by atoms with Gasteiger partial charge in [-0.15, -0.1) is 0 Å². The molecule has 6 heteroatoms. The van der Waals surface area contributed by atoms with E-state index in [1.54, 1.807) is 19.1 Å². The Morgan fingerprint density at radius 2 is 1.90 bits per heavy atom. The molecule has 2 N–H and O–H groups in total. The van der Waals surface area contributed by atoms with Crippen LogP contribution in [-0.2, 0) is 21.3 Å². The van der Waals surface area contributed by atoms with E-state index in [0.717, 1.165) is 12.8 Å². The van der Waals surface area contributed by atoms with Gasteiger partial charge in [-0.25, -0.2) is 4.79 Å². The zero-order chi connectivity index (χ0) is 20.9. The number of carbonyl (C=O) groups excluding carboxylic acids is 1. The number of ether oxygens (including phenoxy) is 3. The summed E-state index contributed by atoms with van der Waals surface area (Å²) in [6, 6.07) is 6.25. The van der Waals surface area contributed by atoms with Crippen LogP contribution in [0.3, 0.4) is 0 Å². The number of nitrogens with zero attached hydrogens (tertiary/aromatic N) is 1. The molecule has 1 aromatic carbocycles.